The van der Waals surface area contributed by atoms with Gasteiger partial charge in [-0.25, -0.2) is 0 Å². The highest BCUT2D eigenvalue weighted by atomic mass is 32.3. The van der Waals surface area contributed by atoms with Crippen molar-refractivity contribution in [2.24, 2.45) is 46.3 Å². The molecule has 3 saturated carbocycles. The number of aliphatic hydroxyl groups is 1. The molecule has 3 N–H and O–H groups in total. The Morgan fingerprint density at radius 3 is 2.30 bits per heavy atom. The smallest absolute Gasteiger partial charge is 0.393 e. The van der Waals surface area contributed by atoms with Gasteiger partial charge in [-0.3, -0.25) is 9.11 Å². The van der Waals surface area contributed by atoms with Crippen LogP contribution in [0.15, 0.2) is 11.6 Å². The largest absolute Gasteiger partial charge is 0.394 e. The second-order valence-corrected chi connectivity index (χ2v) is 13.5. The lowest BCUT2D eigenvalue weighted by atomic mass is 9.47. The molecule has 4 aliphatic rings. The Kier molecular flexibility index (Phi) is 8.46. The molecule has 0 amide bonds. The molecule has 8 atom stereocenters. The topological polar surface area (TPSA) is 94.8 Å². The highest BCUT2D eigenvalue weighted by molar-refractivity contribution is 7.79. The van der Waals surface area contributed by atoms with E-state index in [2.05, 4.69) is 40.7 Å². The SMILES string of the molecule is CC(C)CCC[C@@H](C)[C@H]1CCC2C3CC=C4CC(O)CC[C@]4(C)C3CC[C@@]21C.O=S(=O)(O)O. The molecule has 4 rings (SSSR count). The van der Waals surface area contributed by atoms with Gasteiger partial charge in [0, 0.05) is 0 Å². The number of allylic oxidation sites excluding steroid dienone is 1. The van der Waals surface area contributed by atoms with Crippen LogP contribution in [0.4, 0.5) is 0 Å². The first-order chi connectivity index (χ1) is 15.3. The predicted octanol–water partition coefficient (Wildman–Crippen LogP) is 6.74. The van der Waals surface area contributed by atoms with Gasteiger partial charge >= 0.3 is 10.4 Å². The van der Waals surface area contributed by atoms with Crippen molar-refractivity contribution in [2.45, 2.75) is 111 Å². The van der Waals surface area contributed by atoms with Gasteiger partial charge in [0.25, 0.3) is 0 Å². The van der Waals surface area contributed by atoms with Crippen molar-refractivity contribution in [3.63, 3.8) is 0 Å². The van der Waals surface area contributed by atoms with E-state index in [4.69, 9.17) is 17.5 Å². The Bertz CT molecular complexity index is 797. The van der Waals surface area contributed by atoms with Gasteiger partial charge in [0.1, 0.15) is 0 Å². The molecule has 0 aromatic heterocycles. The normalized spacial score (nSPS) is 41.2. The minimum atomic E-state index is -4.67. The summed E-state index contributed by atoms with van der Waals surface area (Å²) >= 11 is 0. The third-order valence-corrected chi connectivity index (χ3v) is 10.3. The van der Waals surface area contributed by atoms with Gasteiger partial charge in [0.15, 0.2) is 0 Å². The van der Waals surface area contributed by atoms with Crippen molar-refractivity contribution in [3.8, 4) is 0 Å². The molecule has 4 unspecified atom stereocenters. The molecule has 33 heavy (non-hydrogen) atoms. The summed E-state index contributed by atoms with van der Waals surface area (Å²) in [5, 5.41) is 10.2. The summed E-state index contributed by atoms with van der Waals surface area (Å²) < 4.78 is 31.6. The lowest BCUT2D eigenvalue weighted by molar-refractivity contribution is -0.0573. The first-order valence-corrected chi connectivity index (χ1v) is 14.7. The molecule has 6 heteroatoms. The molecule has 0 radical (unpaired) electrons. The van der Waals surface area contributed by atoms with Crippen LogP contribution in [0.2, 0.25) is 0 Å². The van der Waals surface area contributed by atoms with Crippen LogP contribution >= 0.6 is 0 Å². The predicted molar refractivity (Wildman–Crippen MR) is 133 cm³/mol. The molecule has 4 aliphatic carbocycles. The highest BCUT2D eigenvalue weighted by Gasteiger charge is 2.59. The lowest BCUT2D eigenvalue weighted by Crippen LogP contribution is -2.50. The van der Waals surface area contributed by atoms with Crippen LogP contribution < -0.4 is 0 Å². The molecule has 0 bridgehead atoms. The van der Waals surface area contributed by atoms with Crippen LogP contribution in [0, 0.1) is 46.3 Å². The minimum Gasteiger partial charge on any atom is -0.393 e. The monoisotopic (exact) mass is 484 g/mol. The number of hydrogen-bond donors (Lipinski definition) is 3. The summed E-state index contributed by atoms with van der Waals surface area (Å²) in [7, 11) is -4.67. The number of fused-ring (bicyclic) bond motifs is 5. The molecular formula is C27H48O5S. The van der Waals surface area contributed by atoms with E-state index in [9.17, 15) is 5.11 Å². The molecule has 0 aliphatic heterocycles. The van der Waals surface area contributed by atoms with Crippen LogP contribution in [0.25, 0.3) is 0 Å². The van der Waals surface area contributed by atoms with Crippen LogP contribution in [0.3, 0.4) is 0 Å². The maximum Gasteiger partial charge on any atom is 0.394 e. The van der Waals surface area contributed by atoms with Gasteiger partial charge in [-0.05, 0) is 97.7 Å². The average Bonchev–Trinajstić information content (AvgIpc) is 3.04. The first kappa shape index (κ1) is 27.2. The van der Waals surface area contributed by atoms with Gasteiger partial charge in [0.05, 0.1) is 6.10 Å². The molecule has 0 spiro atoms. The molecule has 0 saturated heterocycles. The van der Waals surface area contributed by atoms with Crippen LogP contribution in [0.5, 0.6) is 0 Å². The average molecular weight is 485 g/mol. The number of rotatable bonds is 5. The van der Waals surface area contributed by atoms with Crippen LogP contribution in [0.1, 0.15) is 105 Å². The van der Waals surface area contributed by atoms with Gasteiger partial charge in [-0.2, -0.15) is 8.42 Å². The van der Waals surface area contributed by atoms with Crippen molar-refractivity contribution in [3.05, 3.63) is 11.6 Å². The van der Waals surface area contributed by atoms with E-state index in [1.54, 1.807) is 5.57 Å². The van der Waals surface area contributed by atoms with Gasteiger partial charge in [-0.1, -0.05) is 65.5 Å². The van der Waals surface area contributed by atoms with Crippen molar-refractivity contribution in [1.82, 2.24) is 0 Å². The van der Waals surface area contributed by atoms with E-state index in [-0.39, 0.29) is 6.10 Å². The van der Waals surface area contributed by atoms with Gasteiger partial charge < -0.3 is 5.11 Å². The Morgan fingerprint density at radius 1 is 1.00 bits per heavy atom. The Hall–Kier alpha value is -0.430. The Morgan fingerprint density at radius 2 is 1.67 bits per heavy atom. The summed E-state index contributed by atoms with van der Waals surface area (Å²) in [6.45, 7) is 12.6. The summed E-state index contributed by atoms with van der Waals surface area (Å²) in [6.07, 6.45) is 17.2. The number of hydrogen-bond acceptors (Lipinski definition) is 3. The summed E-state index contributed by atoms with van der Waals surface area (Å²) in [5.74, 6) is 5.46. The molecule has 3 fully saturated rings. The highest BCUT2D eigenvalue weighted by Crippen LogP contribution is 2.67. The summed E-state index contributed by atoms with van der Waals surface area (Å²) in [5.41, 5.74) is 2.60. The maximum absolute atomic E-state index is 10.2. The van der Waals surface area contributed by atoms with Crippen LogP contribution in [-0.4, -0.2) is 28.7 Å². The lowest BCUT2D eigenvalue weighted by Gasteiger charge is -2.58. The van der Waals surface area contributed by atoms with Crippen LogP contribution in [-0.2, 0) is 10.4 Å². The van der Waals surface area contributed by atoms with Crippen molar-refractivity contribution < 1.29 is 22.6 Å². The Labute approximate surface area is 202 Å². The second kappa shape index (κ2) is 10.3. The van der Waals surface area contributed by atoms with Crippen molar-refractivity contribution >= 4 is 10.4 Å². The number of aliphatic hydroxyl groups excluding tert-OH is 1. The first-order valence-electron chi connectivity index (χ1n) is 13.3. The second-order valence-electron chi connectivity index (χ2n) is 12.6. The van der Waals surface area contributed by atoms with Crippen molar-refractivity contribution in [1.29, 1.82) is 0 Å². The van der Waals surface area contributed by atoms with Gasteiger partial charge in [-0.15, -0.1) is 0 Å². The summed E-state index contributed by atoms with van der Waals surface area (Å²) in [4.78, 5) is 0. The van der Waals surface area contributed by atoms with E-state index < -0.39 is 10.4 Å². The molecule has 0 heterocycles. The van der Waals surface area contributed by atoms with Crippen molar-refractivity contribution in [2.75, 3.05) is 0 Å². The Balaban J connectivity index is 0.000000555. The fourth-order valence-electron chi connectivity index (χ4n) is 8.67. The molecular weight excluding hydrogens is 436 g/mol. The van der Waals surface area contributed by atoms with E-state index in [1.807, 2.05) is 0 Å². The zero-order valence-corrected chi connectivity index (χ0v) is 22.3. The van der Waals surface area contributed by atoms with E-state index >= 15 is 0 Å². The fourth-order valence-corrected chi connectivity index (χ4v) is 8.67. The third kappa shape index (κ3) is 6.05. The third-order valence-electron chi connectivity index (χ3n) is 10.3. The van der Waals surface area contributed by atoms with E-state index in [1.165, 1.54) is 57.8 Å². The quantitative estimate of drug-likeness (QED) is 0.297. The van der Waals surface area contributed by atoms with E-state index in [0.717, 1.165) is 48.3 Å². The van der Waals surface area contributed by atoms with E-state index in [0.29, 0.717) is 10.8 Å². The minimum absolute atomic E-state index is 0.0766. The molecule has 0 aromatic carbocycles. The maximum atomic E-state index is 10.2. The zero-order valence-electron chi connectivity index (χ0n) is 21.5. The standard InChI is InChI=1S/C27H46O.H2O4S/c1-18(2)7-6-8-19(3)23-11-12-24-22-10-9-20-17-21(28)13-15-26(20,4)25(22)14-16-27(23,24)5;1-5(2,3)4/h9,18-19,21-25,28H,6-8,10-17H2,1-5H3;(H2,1,2,3,4)/t19-,21?,22?,23-,24?,25?,26+,27-;/m1./s1. The molecule has 0 aromatic rings. The fraction of sp³-hybridized carbons (Fsp3) is 0.926. The summed E-state index contributed by atoms with van der Waals surface area (Å²) in [6, 6.07) is 0. The van der Waals surface area contributed by atoms with Gasteiger partial charge in [0.2, 0.25) is 0 Å². The molecule has 192 valence electrons. The zero-order chi connectivity index (χ0) is 24.6. The molecule has 5 nitrogen and oxygen atoms in total.